The number of rotatable bonds is 0. The topological polar surface area (TPSA) is 71.4 Å². The fraction of sp³-hybridized carbons (Fsp3) is 0. The molecule has 1 radical (unpaired) electrons. The predicted molar refractivity (Wildman–Crippen MR) is 39.4 cm³/mol. The van der Waals surface area contributed by atoms with E-state index in [4.69, 9.17) is 15.8 Å². The normalized spacial score (nSPS) is 7.75. The number of hydrogen-bond acceptors (Lipinski definition) is 3. The molecule has 0 saturated carbocycles. The maximum atomic E-state index is 8.59. The Morgan fingerprint density at radius 1 is 1.08 bits per heavy atom. The molecule has 0 unspecified atom stereocenters. The third kappa shape index (κ3) is 1.10. The Morgan fingerprint density at radius 3 is 2.33 bits per heavy atom. The Hall–Kier alpha value is -2.31. The lowest BCUT2D eigenvalue weighted by Crippen LogP contribution is -1.88. The molecule has 0 spiro atoms. The van der Waals surface area contributed by atoms with Crippen molar-refractivity contribution in [2.75, 3.05) is 0 Å². The molecule has 12 heavy (non-hydrogen) atoms. The van der Waals surface area contributed by atoms with Crippen LogP contribution in [0.15, 0.2) is 12.1 Å². The van der Waals surface area contributed by atoms with Crippen LogP contribution < -0.4 is 0 Å². The zero-order chi connectivity index (χ0) is 8.97. The minimum absolute atomic E-state index is 0.0995. The first-order valence-electron chi connectivity index (χ1n) is 3.08. The van der Waals surface area contributed by atoms with Gasteiger partial charge >= 0.3 is 0 Å². The first-order chi connectivity index (χ1) is 5.83. The Bertz CT molecular complexity index is 394. The van der Waals surface area contributed by atoms with Crippen molar-refractivity contribution < 1.29 is 0 Å². The molecule has 0 N–H and O–H groups in total. The largest absolute Gasteiger partial charge is 0.192 e. The van der Waals surface area contributed by atoms with Crippen molar-refractivity contribution in [2.24, 2.45) is 0 Å². The van der Waals surface area contributed by atoms with E-state index < -0.39 is 0 Å². The quantitative estimate of drug-likeness (QED) is 0.558. The second-order valence-corrected chi connectivity index (χ2v) is 1.98. The van der Waals surface area contributed by atoms with E-state index in [1.54, 1.807) is 12.1 Å². The van der Waals surface area contributed by atoms with Crippen LogP contribution in [0.5, 0.6) is 0 Å². The molecule has 3 heteroatoms. The molecule has 0 aromatic heterocycles. The SMILES string of the molecule is N#Cc1[c]ccc(C#N)c1C#N. The molecule has 1 aromatic carbocycles. The molecule has 1 rings (SSSR count). The van der Waals surface area contributed by atoms with Gasteiger partial charge < -0.3 is 0 Å². The molecule has 0 saturated heterocycles. The molecule has 0 bridgehead atoms. The summed E-state index contributed by atoms with van der Waals surface area (Å²) in [5.74, 6) is 0. The first kappa shape index (κ1) is 7.79. The highest BCUT2D eigenvalue weighted by Gasteiger charge is 2.05. The number of nitrogens with zero attached hydrogens (tertiary/aromatic N) is 3. The lowest BCUT2D eigenvalue weighted by Gasteiger charge is -1.93. The molecule has 0 aliphatic heterocycles. The van der Waals surface area contributed by atoms with Crippen LogP contribution in [0.4, 0.5) is 0 Å². The standard InChI is InChI=1S/C9H2N3/c10-4-7-2-1-3-8(5-11)9(7)6-12/h1-2H. The Kier molecular flexibility index (Phi) is 2.07. The van der Waals surface area contributed by atoms with Crippen LogP contribution in [-0.4, -0.2) is 0 Å². The minimum Gasteiger partial charge on any atom is -0.192 e. The molecule has 1 aromatic rings. The van der Waals surface area contributed by atoms with Crippen molar-refractivity contribution in [3.05, 3.63) is 34.9 Å². The molecule has 0 atom stereocenters. The van der Waals surface area contributed by atoms with Crippen molar-refractivity contribution in [1.29, 1.82) is 15.8 Å². The zero-order valence-corrected chi connectivity index (χ0v) is 6.00. The summed E-state index contributed by atoms with van der Waals surface area (Å²) in [6, 6.07) is 10.9. The molecule has 0 heterocycles. The van der Waals surface area contributed by atoms with Gasteiger partial charge in [-0.15, -0.1) is 0 Å². The molecular formula is C9H2N3. The van der Waals surface area contributed by atoms with Gasteiger partial charge in [-0.05, 0) is 6.07 Å². The number of benzene rings is 1. The van der Waals surface area contributed by atoms with Crippen molar-refractivity contribution in [3.63, 3.8) is 0 Å². The van der Waals surface area contributed by atoms with Gasteiger partial charge in [0.05, 0.1) is 16.7 Å². The highest BCUT2D eigenvalue weighted by atomic mass is 14.3. The van der Waals surface area contributed by atoms with Gasteiger partial charge in [-0.2, -0.15) is 15.8 Å². The van der Waals surface area contributed by atoms with Crippen LogP contribution >= 0.6 is 0 Å². The van der Waals surface area contributed by atoms with Crippen molar-refractivity contribution in [1.82, 2.24) is 0 Å². The highest BCUT2D eigenvalue weighted by molar-refractivity contribution is 5.54. The maximum Gasteiger partial charge on any atom is 0.102 e. The van der Waals surface area contributed by atoms with E-state index in [1.807, 2.05) is 6.07 Å². The van der Waals surface area contributed by atoms with Crippen LogP contribution in [0.3, 0.4) is 0 Å². The van der Waals surface area contributed by atoms with E-state index in [0.29, 0.717) is 0 Å². The summed E-state index contributed by atoms with van der Waals surface area (Å²) < 4.78 is 0. The second kappa shape index (κ2) is 3.19. The summed E-state index contributed by atoms with van der Waals surface area (Å²) >= 11 is 0. The smallest absolute Gasteiger partial charge is 0.102 e. The van der Waals surface area contributed by atoms with E-state index >= 15 is 0 Å². The van der Waals surface area contributed by atoms with E-state index in [-0.39, 0.29) is 16.7 Å². The molecule has 3 nitrogen and oxygen atoms in total. The summed E-state index contributed by atoms with van der Waals surface area (Å²) in [5.41, 5.74) is 0.437. The maximum absolute atomic E-state index is 8.59. The first-order valence-corrected chi connectivity index (χ1v) is 3.08. The third-order valence-electron chi connectivity index (χ3n) is 1.34. The minimum atomic E-state index is 0.0995. The monoisotopic (exact) mass is 152 g/mol. The van der Waals surface area contributed by atoms with E-state index in [9.17, 15) is 0 Å². The molecule has 53 valence electrons. The lowest BCUT2D eigenvalue weighted by molar-refractivity contribution is 1.39. The fourth-order valence-corrected chi connectivity index (χ4v) is 0.796. The average Bonchev–Trinajstić information content (AvgIpc) is 2.16. The summed E-state index contributed by atoms with van der Waals surface area (Å²) in [4.78, 5) is 0. The Labute approximate surface area is 69.7 Å². The Morgan fingerprint density at radius 2 is 1.83 bits per heavy atom. The second-order valence-electron chi connectivity index (χ2n) is 1.98. The number of hydrogen-bond donors (Lipinski definition) is 0. The van der Waals surface area contributed by atoms with Crippen LogP contribution in [-0.2, 0) is 0 Å². The highest BCUT2D eigenvalue weighted by Crippen LogP contribution is 2.10. The van der Waals surface area contributed by atoms with Crippen LogP contribution in [0.1, 0.15) is 16.7 Å². The van der Waals surface area contributed by atoms with Crippen molar-refractivity contribution >= 4 is 0 Å². The van der Waals surface area contributed by atoms with Crippen LogP contribution in [0, 0.1) is 40.1 Å². The molecular weight excluding hydrogens is 150 g/mol. The fourth-order valence-electron chi connectivity index (χ4n) is 0.796. The molecule has 0 aliphatic carbocycles. The predicted octanol–water partition coefficient (Wildman–Crippen LogP) is 1.10. The summed E-state index contributed by atoms with van der Waals surface area (Å²) in [6.45, 7) is 0. The third-order valence-corrected chi connectivity index (χ3v) is 1.34. The van der Waals surface area contributed by atoms with E-state index in [0.717, 1.165) is 0 Å². The Balaban J connectivity index is 3.51. The van der Waals surface area contributed by atoms with Gasteiger partial charge in [0, 0.05) is 6.07 Å². The van der Waals surface area contributed by atoms with E-state index in [2.05, 4.69) is 6.07 Å². The average molecular weight is 152 g/mol. The lowest BCUT2D eigenvalue weighted by atomic mass is 10.0. The molecule has 0 aliphatic rings. The van der Waals surface area contributed by atoms with Gasteiger partial charge in [-0.25, -0.2) is 0 Å². The van der Waals surface area contributed by atoms with Gasteiger partial charge in [0.25, 0.3) is 0 Å². The van der Waals surface area contributed by atoms with Gasteiger partial charge in [0.15, 0.2) is 0 Å². The van der Waals surface area contributed by atoms with Crippen LogP contribution in [0.25, 0.3) is 0 Å². The van der Waals surface area contributed by atoms with E-state index in [1.165, 1.54) is 12.1 Å². The van der Waals surface area contributed by atoms with Gasteiger partial charge in [0.1, 0.15) is 18.2 Å². The van der Waals surface area contributed by atoms with Crippen molar-refractivity contribution in [2.45, 2.75) is 0 Å². The summed E-state index contributed by atoms with van der Waals surface area (Å²) in [5, 5.41) is 25.7. The summed E-state index contributed by atoms with van der Waals surface area (Å²) in [7, 11) is 0. The van der Waals surface area contributed by atoms with Crippen LogP contribution in [0.2, 0.25) is 0 Å². The van der Waals surface area contributed by atoms with Gasteiger partial charge in [-0.3, -0.25) is 0 Å². The van der Waals surface area contributed by atoms with Gasteiger partial charge in [0.2, 0.25) is 0 Å². The summed E-state index contributed by atoms with van der Waals surface area (Å²) in [6.07, 6.45) is 0. The zero-order valence-electron chi connectivity index (χ0n) is 6.00. The van der Waals surface area contributed by atoms with Crippen molar-refractivity contribution in [3.8, 4) is 18.2 Å². The molecule has 0 amide bonds. The van der Waals surface area contributed by atoms with Gasteiger partial charge in [-0.1, -0.05) is 6.07 Å². The molecule has 0 fully saturated rings. The number of nitriles is 3.